The molecular formula is C11H16N2O4. The van der Waals surface area contributed by atoms with Gasteiger partial charge in [0.1, 0.15) is 5.69 Å². The molecule has 1 heterocycles. The largest absolute Gasteiger partial charge is 0.480 e. The number of carboxylic acids is 1. The van der Waals surface area contributed by atoms with Crippen LogP contribution in [-0.2, 0) is 4.79 Å². The fraction of sp³-hybridized carbons (Fsp3) is 0.455. The molecule has 6 nitrogen and oxygen atoms in total. The minimum Gasteiger partial charge on any atom is -0.480 e. The van der Waals surface area contributed by atoms with E-state index in [1.165, 1.54) is 0 Å². The Labute approximate surface area is 98.9 Å². The molecule has 0 radical (unpaired) electrons. The van der Waals surface area contributed by atoms with Crippen molar-refractivity contribution in [2.75, 3.05) is 6.61 Å². The number of carboxylic acid groups (broad SMARTS) is 1. The highest BCUT2D eigenvalue weighted by atomic mass is 16.4. The summed E-state index contributed by atoms with van der Waals surface area (Å²) in [4.78, 5) is 22.5. The highest BCUT2D eigenvalue weighted by molar-refractivity contribution is 5.95. The molecule has 0 aliphatic carbocycles. The lowest BCUT2D eigenvalue weighted by Gasteiger charge is -2.15. The van der Waals surface area contributed by atoms with E-state index in [4.69, 9.17) is 10.2 Å². The molecule has 0 aliphatic rings. The van der Waals surface area contributed by atoms with Gasteiger partial charge in [-0.15, -0.1) is 0 Å². The summed E-state index contributed by atoms with van der Waals surface area (Å²) >= 11 is 0. The van der Waals surface area contributed by atoms with Crippen LogP contribution in [0.5, 0.6) is 0 Å². The van der Waals surface area contributed by atoms with Gasteiger partial charge in [-0.05, 0) is 26.0 Å². The average molecular weight is 240 g/mol. The van der Waals surface area contributed by atoms with E-state index < -0.39 is 24.5 Å². The maximum Gasteiger partial charge on any atom is 0.328 e. The molecule has 0 bridgehead atoms. The number of nitrogens with zero attached hydrogens (tertiary/aromatic N) is 1. The van der Waals surface area contributed by atoms with Crippen molar-refractivity contribution in [2.45, 2.75) is 25.9 Å². The molecule has 0 saturated heterocycles. The normalized spacial score (nSPS) is 12.5. The van der Waals surface area contributed by atoms with E-state index in [0.29, 0.717) is 5.69 Å². The Morgan fingerprint density at radius 2 is 2.12 bits per heavy atom. The van der Waals surface area contributed by atoms with Crippen LogP contribution < -0.4 is 5.32 Å². The molecule has 0 saturated carbocycles. The van der Waals surface area contributed by atoms with Crippen LogP contribution in [0, 0.1) is 0 Å². The number of aliphatic hydroxyl groups is 1. The fourth-order valence-electron chi connectivity index (χ4n) is 1.45. The van der Waals surface area contributed by atoms with Gasteiger partial charge in [-0.2, -0.15) is 0 Å². The maximum atomic E-state index is 11.8. The maximum absolute atomic E-state index is 11.8. The highest BCUT2D eigenvalue weighted by Gasteiger charge is 2.21. The first-order chi connectivity index (χ1) is 7.97. The molecule has 0 unspecified atom stereocenters. The van der Waals surface area contributed by atoms with Crippen molar-refractivity contribution in [3.8, 4) is 0 Å². The summed E-state index contributed by atoms with van der Waals surface area (Å²) in [6.45, 7) is 3.19. The second-order valence-corrected chi connectivity index (χ2v) is 3.94. The molecule has 1 amide bonds. The summed E-state index contributed by atoms with van der Waals surface area (Å²) in [7, 11) is 0. The molecule has 0 spiro atoms. The number of carbonyl (C=O) groups excluding carboxylic acids is 1. The van der Waals surface area contributed by atoms with E-state index >= 15 is 0 Å². The van der Waals surface area contributed by atoms with Gasteiger partial charge in [-0.3, -0.25) is 4.79 Å². The molecule has 0 aromatic carbocycles. The van der Waals surface area contributed by atoms with Gasteiger partial charge < -0.3 is 20.1 Å². The molecule has 94 valence electrons. The van der Waals surface area contributed by atoms with Gasteiger partial charge in [0, 0.05) is 12.2 Å². The number of aliphatic carboxylic acids is 1. The number of hydrogen-bond donors (Lipinski definition) is 3. The van der Waals surface area contributed by atoms with Gasteiger partial charge >= 0.3 is 5.97 Å². The molecule has 0 fully saturated rings. The molecule has 0 aliphatic heterocycles. The van der Waals surface area contributed by atoms with Crippen LogP contribution in [0.1, 0.15) is 30.4 Å². The third-order valence-corrected chi connectivity index (χ3v) is 2.35. The van der Waals surface area contributed by atoms with E-state index in [-0.39, 0.29) is 6.04 Å². The number of aliphatic hydroxyl groups excluding tert-OH is 1. The Hall–Kier alpha value is -1.82. The number of amides is 1. The molecule has 1 atom stereocenters. The van der Waals surface area contributed by atoms with Crippen molar-refractivity contribution in [2.24, 2.45) is 0 Å². The average Bonchev–Trinajstić information content (AvgIpc) is 2.73. The van der Waals surface area contributed by atoms with Crippen molar-refractivity contribution >= 4 is 11.9 Å². The first-order valence-electron chi connectivity index (χ1n) is 5.28. The first kappa shape index (κ1) is 13.2. The van der Waals surface area contributed by atoms with Gasteiger partial charge in [0.25, 0.3) is 5.91 Å². The molecule has 3 N–H and O–H groups in total. The van der Waals surface area contributed by atoms with Crippen LogP contribution >= 0.6 is 0 Å². The van der Waals surface area contributed by atoms with Crippen molar-refractivity contribution < 1.29 is 19.8 Å². The summed E-state index contributed by atoms with van der Waals surface area (Å²) < 4.78 is 1.73. The third-order valence-electron chi connectivity index (χ3n) is 2.35. The van der Waals surface area contributed by atoms with Gasteiger partial charge in [0.2, 0.25) is 0 Å². The molecule has 1 rings (SSSR count). The zero-order chi connectivity index (χ0) is 13.0. The second-order valence-electron chi connectivity index (χ2n) is 3.94. The zero-order valence-electron chi connectivity index (χ0n) is 9.75. The number of carbonyl (C=O) groups is 2. The highest BCUT2D eigenvalue weighted by Crippen LogP contribution is 2.10. The summed E-state index contributed by atoms with van der Waals surface area (Å²) in [6, 6.07) is 2.14. The van der Waals surface area contributed by atoms with E-state index in [9.17, 15) is 9.59 Å². The monoisotopic (exact) mass is 240 g/mol. The van der Waals surface area contributed by atoms with Gasteiger partial charge in [0.15, 0.2) is 6.04 Å². The SMILES string of the molecule is CC(C)n1cccc1C(=O)N[C@@H](CO)C(=O)O. The summed E-state index contributed by atoms with van der Waals surface area (Å²) in [5.74, 6) is -1.77. The molecule has 1 aromatic heterocycles. The molecule has 17 heavy (non-hydrogen) atoms. The zero-order valence-corrected chi connectivity index (χ0v) is 9.75. The van der Waals surface area contributed by atoms with Gasteiger partial charge in [0.05, 0.1) is 6.61 Å². The van der Waals surface area contributed by atoms with E-state index in [2.05, 4.69) is 5.32 Å². The summed E-state index contributed by atoms with van der Waals surface area (Å²) in [6.07, 6.45) is 1.74. The summed E-state index contributed by atoms with van der Waals surface area (Å²) in [5.41, 5.74) is 0.375. The van der Waals surface area contributed by atoms with Crippen LogP contribution in [0.4, 0.5) is 0 Å². The second kappa shape index (κ2) is 5.49. The third kappa shape index (κ3) is 3.07. The fourth-order valence-corrected chi connectivity index (χ4v) is 1.45. The smallest absolute Gasteiger partial charge is 0.328 e. The lowest BCUT2D eigenvalue weighted by atomic mass is 10.3. The number of nitrogens with one attached hydrogen (secondary N) is 1. The van der Waals surface area contributed by atoms with E-state index in [0.717, 1.165) is 0 Å². The first-order valence-corrected chi connectivity index (χ1v) is 5.28. The topological polar surface area (TPSA) is 91.6 Å². The predicted octanol–water partition coefficient (Wildman–Crippen LogP) is 0.244. The Balaban J connectivity index is 2.82. The predicted molar refractivity (Wildman–Crippen MR) is 60.8 cm³/mol. The Bertz CT molecular complexity index is 411. The van der Waals surface area contributed by atoms with Gasteiger partial charge in [-0.1, -0.05) is 0 Å². The summed E-state index contributed by atoms with van der Waals surface area (Å²) in [5, 5.41) is 19.8. The number of hydrogen-bond acceptors (Lipinski definition) is 3. The minimum atomic E-state index is -1.28. The number of aromatic nitrogens is 1. The molecule has 6 heteroatoms. The van der Waals surface area contributed by atoms with Crippen LogP contribution in [-0.4, -0.2) is 39.3 Å². The van der Waals surface area contributed by atoms with Crippen LogP contribution in [0.25, 0.3) is 0 Å². The van der Waals surface area contributed by atoms with Crippen LogP contribution in [0.15, 0.2) is 18.3 Å². The van der Waals surface area contributed by atoms with E-state index in [1.807, 2.05) is 13.8 Å². The Kier molecular flexibility index (Phi) is 4.28. The minimum absolute atomic E-state index is 0.100. The molecule has 1 aromatic rings. The van der Waals surface area contributed by atoms with Crippen molar-refractivity contribution in [1.29, 1.82) is 0 Å². The molecular weight excluding hydrogens is 224 g/mol. The lowest BCUT2D eigenvalue weighted by molar-refractivity contribution is -0.140. The van der Waals surface area contributed by atoms with Crippen molar-refractivity contribution in [3.63, 3.8) is 0 Å². The standard InChI is InChI=1S/C11H16N2O4/c1-7(2)13-5-3-4-9(13)10(15)12-8(6-14)11(16)17/h3-5,7-8,14H,6H2,1-2H3,(H,12,15)(H,16,17)/t8-/m0/s1. The van der Waals surface area contributed by atoms with Crippen molar-refractivity contribution in [3.05, 3.63) is 24.0 Å². The Morgan fingerprint density at radius 1 is 1.47 bits per heavy atom. The van der Waals surface area contributed by atoms with Crippen LogP contribution in [0.2, 0.25) is 0 Å². The van der Waals surface area contributed by atoms with Gasteiger partial charge in [-0.25, -0.2) is 4.79 Å². The number of rotatable bonds is 5. The Morgan fingerprint density at radius 3 is 2.59 bits per heavy atom. The van der Waals surface area contributed by atoms with E-state index in [1.54, 1.807) is 22.9 Å². The van der Waals surface area contributed by atoms with Crippen LogP contribution in [0.3, 0.4) is 0 Å². The van der Waals surface area contributed by atoms with Crippen molar-refractivity contribution in [1.82, 2.24) is 9.88 Å². The lowest BCUT2D eigenvalue weighted by Crippen LogP contribution is -2.43. The quantitative estimate of drug-likeness (QED) is 0.687.